The largest absolute Gasteiger partial charge is 0.457 e. The number of carbonyl (C=O) groups excluding carboxylic acids is 1. The number of hydrogen-bond acceptors (Lipinski definition) is 14. The molecule has 68 heavy (non-hydrogen) atoms. The van der Waals surface area contributed by atoms with Crippen molar-refractivity contribution < 1.29 is 69.0 Å². The summed E-state index contributed by atoms with van der Waals surface area (Å²) in [7, 11) is 0. The number of unbranched alkanes of at least 4 members (excludes halogenated alkanes) is 23. The zero-order valence-electron chi connectivity index (χ0n) is 42.3. The maximum Gasteiger partial charge on any atom is 0.306 e. The van der Waals surface area contributed by atoms with Crippen LogP contribution in [0.4, 0.5) is 0 Å². The summed E-state index contributed by atoms with van der Waals surface area (Å²) in [5.74, 6) is -0.402. The third kappa shape index (κ3) is 28.9. The van der Waals surface area contributed by atoms with Gasteiger partial charge in [0.2, 0.25) is 0 Å². The van der Waals surface area contributed by atoms with Crippen LogP contribution in [0, 0.1) is 0 Å². The van der Waals surface area contributed by atoms with Gasteiger partial charge >= 0.3 is 5.97 Å². The quantitative estimate of drug-likeness (QED) is 0.0173. The van der Waals surface area contributed by atoms with Crippen LogP contribution in [0.15, 0.2) is 36.5 Å². The Morgan fingerprint density at radius 2 is 0.956 bits per heavy atom. The van der Waals surface area contributed by atoms with E-state index < -0.39 is 86.7 Å². The van der Waals surface area contributed by atoms with Gasteiger partial charge in [-0.05, 0) is 44.9 Å². The lowest BCUT2D eigenvalue weighted by atomic mass is 9.98. The number of carbonyl (C=O) groups is 1. The first kappa shape index (κ1) is 62.3. The van der Waals surface area contributed by atoms with Gasteiger partial charge in [-0.25, -0.2) is 0 Å². The Hall–Kier alpha value is -1.79. The molecule has 0 bridgehead atoms. The molecule has 7 N–H and O–H groups in total. The van der Waals surface area contributed by atoms with E-state index in [0.29, 0.717) is 13.0 Å². The van der Waals surface area contributed by atoms with Crippen LogP contribution in [0.3, 0.4) is 0 Å². The molecule has 2 saturated heterocycles. The fourth-order valence-electron chi connectivity index (χ4n) is 8.54. The molecule has 0 amide bonds. The minimum Gasteiger partial charge on any atom is -0.457 e. The first-order valence-corrected chi connectivity index (χ1v) is 27.1. The molecule has 0 aromatic rings. The predicted octanol–water partition coefficient (Wildman–Crippen LogP) is 8.58. The van der Waals surface area contributed by atoms with Gasteiger partial charge < -0.3 is 64.2 Å². The van der Waals surface area contributed by atoms with Gasteiger partial charge in [0.15, 0.2) is 12.6 Å². The van der Waals surface area contributed by atoms with Gasteiger partial charge in [0.25, 0.3) is 0 Å². The maximum atomic E-state index is 13.0. The lowest BCUT2D eigenvalue weighted by Gasteiger charge is -2.42. The summed E-state index contributed by atoms with van der Waals surface area (Å²) in [6.07, 6.45) is 30.8. The number of aliphatic hydroxyl groups excluding tert-OH is 7. The highest BCUT2D eigenvalue weighted by molar-refractivity contribution is 5.69. The molecule has 2 aliphatic rings. The van der Waals surface area contributed by atoms with Gasteiger partial charge in [-0.2, -0.15) is 0 Å². The zero-order chi connectivity index (χ0) is 49.5. The summed E-state index contributed by atoms with van der Waals surface area (Å²) in [5, 5.41) is 72.1. The monoisotopic (exact) mass is 971 g/mol. The average Bonchev–Trinajstić information content (AvgIpc) is 3.33. The Bertz CT molecular complexity index is 1260. The van der Waals surface area contributed by atoms with Crippen molar-refractivity contribution in [2.45, 2.75) is 268 Å². The van der Waals surface area contributed by atoms with Crippen LogP contribution in [-0.4, -0.2) is 142 Å². The molecule has 11 unspecified atom stereocenters. The van der Waals surface area contributed by atoms with Gasteiger partial charge in [-0.1, -0.05) is 185 Å². The van der Waals surface area contributed by atoms with Crippen molar-refractivity contribution in [3.63, 3.8) is 0 Å². The number of ether oxygens (including phenoxy) is 6. The van der Waals surface area contributed by atoms with Crippen LogP contribution in [0.1, 0.15) is 200 Å². The molecule has 2 fully saturated rings. The van der Waals surface area contributed by atoms with Crippen molar-refractivity contribution >= 4 is 5.97 Å². The molecule has 0 aromatic heterocycles. The van der Waals surface area contributed by atoms with Crippen LogP contribution in [0.2, 0.25) is 0 Å². The molecule has 0 radical (unpaired) electrons. The number of allylic oxidation sites excluding steroid dienone is 6. The van der Waals surface area contributed by atoms with E-state index >= 15 is 0 Å². The Labute approximate surface area is 410 Å². The predicted molar refractivity (Wildman–Crippen MR) is 266 cm³/mol. The van der Waals surface area contributed by atoms with Crippen LogP contribution < -0.4 is 0 Å². The molecular weight excluding hydrogens is 873 g/mol. The highest BCUT2D eigenvalue weighted by atomic mass is 16.7. The SMILES string of the molecule is CC/C=C\C/C=C\C/C=C\CCCCCC(=O)OC(COCCCCCCCCCCCCCCCCCCCCCCC)COC1OC(COC2OC(CO)C(O)C(O)C2O)C(O)C(O)C1O. The standard InChI is InChI=1S/C54H98O14/c1-3-5-7-9-11-13-15-17-18-19-20-21-22-23-24-26-28-30-32-34-36-38-63-40-43(66-46(56)37-35-33-31-29-27-25-16-14-12-10-8-6-4-2)41-64-53-52(62)50(60)48(58)45(68-53)42-65-54-51(61)49(59)47(57)44(39-55)67-54/h6,8,12,14,25,27,43-45,47-55,57-62H,3-5,7,9-11,13,15-24,26,28-42H2,1-2H3/b8-6-,14-12-,27-25-. The fraction of sp³-hybridized carbons (Fsp3) is 0.870. The van der Waals surface area contributed by atoms with Crippen LogP contribution >= 0.6 is 0 Å². The molecule has 0 spiro atoms. The maximum absolute atomic E-state index is 13.0. The van der Waals surface area contributed by atoms with E-state index in [4.69, 9.17) is 28.4 Å². The normalized spacial score (nSPS) is 26.1. The van der Waals surface area contributed by atoms with Crippen molar-refractivity contribution in [2.24, 2.45) is 0 Å². The lowest BCUT2D eigenvalue weighted by molar-refractivity contribution is -0.332. The van der Waals surface area contributed by atoms with Gasteiger partial charge in [-0.15, -0.1) is 0 Å². The Balaban J connectivity index is 1.72. The number of hydrogen-bond donors (Lipinski definition) is 7. The van der Waals surface area contributed by atoms with E-state index in [1.54, 1.807) is 0 Å². The molecule has 14 nitrogen and oxygen atoms in total. The molecule has 0 saturated carbocycles. The van der Waals surface area contributed by atoms with Gasteiger partial charge in [0.05, 0.1) is 26.4 Å². The molecular formula is C54H98O14. The van der Waals surface area contributed by atoms with Crippen LogP contribution in [0.25, 0.3) is 0 Å². The van der Waals surface area contributed by atoms with Gasteiger partial charge in [0.1, 0.15) is 54.9 Å². The molecule has 0 aromatic carbocycles. The van der Waals surface area contributed by atoms with Crippen molar-refractivity contribution in [2.75, 3.05) is 33.0 Å². The third-order valence-corrected chi connectivity index (χ3v) is 12.9. The molecule has 0 aliphatic carbocycles. The fourth-order valence-corrected chi connectivity index (χ4v) is 8.54. The highest BCUT2D eigenvalue weighted by Gasteiger charge is 2.47. The Morgan fingerprint density at radius 1 is 0.500 bits per heavy atom. The smallest absolute Gasteiger partial charge is 0.306 e. The molecule has 14 heteroatoms. The average molecular weight is 971 g/mol. The summed E-state index contributed by atoms with van der Waals surface area (Å²) in [4.78, 5) is 13.0. The van der Waals surface area contributed by atoms with E-state index in [1.165, 1.54) is 116 Å². The molecule has 2 rings (SSSR count). The van der Waals surface area contributed by atoms with Crippen LogP contribution in [0.5, 0.6) is 0 Å². The van der Waals surface area contributed by atoms with Crippen molar-refractivity contribution in [1.82, 2.24) is 0 Å². The molecule has 398 valence electrons. The number of rotatable bonds is 43. The van der Waals surface area contributed by atoms with E-state index in [1.807, 2.05) is 0 Å². The minimum absolute atomic E-state index is 0.0523. The number of aliphatic hydroxyl groups is 7. The summed E-state index contributed by atoms with van der Waals surface area (Å²) < 4.78 is 34.3. The third-order valence-electron chi connectivity index (χ3n) is 12.9. The molecule has 2 heterocycles. The van der Waals surface area contributed by atoms with E-state index in [2.05, 4.69) is 50.3 Å². The first-order chi connectivity index (χ1) is 33.1. The van der Waals surface area contributed by atoms with Crippen molar-refractivity contribution in [3.05, 3.63) is 36.5 Å². The van der Waals surface area contributed by atoms with Crippen molar-refractivity contribution in [3.8, 4) is 0 Å². The summed E-state index contributed by atoms with van der Waals surface area (Å²) in [5.41, 5.74) is 0. The topological polar surface area (TPSA) is 214 Å². The van der Waals surface area contributed by atoms with E-state index in [0.717, 1.165) is 57.8 Å². The summed E-state index contributed by atoms with van der Waals surface area (Å²) in [6.45, 7) is 3.56. The lowest BCUT2D eigenvalue weighted by Crippen LogP contribution is -2.61. The van der Waals surface area contributed by atoms with Gasteiger partial charge in [-0.3, -0.25) is 4.79 Å². The minimum atomic E-state index is -1.71. The van der Waals surface area contributed by atoms with Crippen LogP contribution in [-0.2, 0) is 33.2 Å². The summed E-state index contributed by atoms with van der Waals surface area (Å²) in [6, 6.07) is 0. The summed E-state index contributed by atoms with van der Waals surface area (Å²) >= 11 is 0. The molecule has 2 aliphatic heterocycles. The van der Waals surface area contributed by atoms with E-state index in [9.17, 15) is 40.5 Å². The Morgan fingerprint density at radius 3 is 1.49 bits per heavy atom. The second-order valence-electron chi connectivity index (χ2n) is 19.0. The first-order valence-electron chi connectivity index (χ1n) is 27.1. The zero-order valence-corrected chi connectivity index (χ0v) is 42.3. The molecule has 11 atom stereocenters. The second-order valence-corrected chi connectivity index (χ2v) is 19.0. The van der Waals surface area contributed by atoms with Gasteiger partial charge in [0, 0.05) is 13.0 Å². The van der Waals surface area contributed by atoms with Crippen molar-refractivity contribution in [1.29, 1.82) is 0 Å². The highest BCUT2D eigenvalue weighted by Crippen LogP contribution is 2.26. The number of esters is 1. The Kier molecular flexibility index (Phi) is 38.3. The second kappa shape index (κ2) is 41.8. The van der Waals surface area contributed by atoms with E-state index in [-0.39, 0.29) is 19.6 Å².